The number of fused-ring (bicyclic) bond motifs is 3. The van der Waals surface area contributed by atoms with E-state index in [4.69, 9.17) is 26.7 Å². The first-order chi connectivity index (χ1) is 9.06. The predicted octanol–water partition coefficient (Wildman–Crippen LogP) is 2.15. The molecule has 0 spiro atoms. The van der Waals surface area contributed by atoms with Gasteiger partial charge in [-0.25, -0.2) is 0 Å². The molecule has 0 radical (unpaired) electrons. The van der Waals surface area contributed by atoms with Crippen LogP contribution in [0.3, 0.4) is 0 Å². The number of furan rings is 1. The minimum absolute atomic E-state index is 0.0129. The number of hydrogen-bond donors (Lipinski definition) is 4. The van der Waals surface area contributed by atoms with Gasteiger partial charge in [0.25, 0.3) is 0 Å². The lowest BCUT2D eigenvalue weighted by Crippen LogP contribution is -2.10. The van der Waals surface area contributed by atoms with Crippen LogP contribution in [-0.4, -0.2) is 11.7 Å². The molecule has 0 aliphatic rings. The summed E-state index contributed by atoms with van der Waals surface area (Å²) >= 11 is 0. The average molecular weight is 252 g/mol. The quantitative estimate of drug-likeness (QED) is 0.414. The molecule has 3 aromatic rings. The molecule has 0 saturated heterocycles. The fourth-order valence-electron chi connectivity index (χ4n) is 2.11. The first-order valence-electron chi connectivity index (χ1n) is 5.71. The van der Waals surface area contributed by atoms with Gasteiger partial charge in [0.05, 0.1) is 0 Å². The molecule has 3 rings (SSSR count). The van der Waals surface area contributed by atoms with Crippen molar-refractivity contribution in [2.24, 2.45) is 11.5 Å². The second-order valence-corrected chi connectivity index (χ2v) is 4.35. The van der Waals surface area contributed by atoms with Crippen LogP contribution in [0.25, 0.3) is 21.9 Å². The van der Waals surface area contributed by atoms with E-state index >= 15 is 0 Å². The zero-order chi connectivity index (χ0) is 13.6. The Labute approximate surface area is 108 Å². The zero-order valence-electron chi connectivity index (χ0n) is 10.0. The van der Waals surface area contributed by atoms with Crippen molar-refractivity contribution in [1.29, 1.82) is 10.8 Å². The van der Waals surface area contributed by atoms with Crippen LogP contribution >= 0.6 is 0 Å². The Kier molecular flexibility index (Phi) is 2.28. The summed E-state index contributed by atoms with van der Waals surface area (Å²) in [5, 5.41) is 16.7. The van der Waals surface area contributed by atoms with Gasteiger partial charge in [-0.15, -0.1) is 0 Å². The largest absolute Gasteiger partial charge is 0.456 e. The van der Waals surface area contributed by atoms with Crippen LogP contribution in [0.4, 0.5) is 0 Å². The Morgan fingerprint density at radius 2 is 1.21 bits per heavy atom. The van der Waals surface area contributed by atoms with Crippen molar-refractivity contribution in [3.63, 3.8) is 0 Å². The first-order valence-corrected chi connectivity index (χ1v) is 5.71. The molecule has 0 aliphatic carbocycles. The molecule has 5 heteroatoms. The summed E-state index contributed by atoms with van der Waals surface area (Å²) in [6.45, 7) is 0. The summed E-state index contributed by atoms with van der Waals surface area (Å²) < 4.78 is 5.70. The minimum Gasteiger partial charge on any atom is -0.456 e. The number of nitrogen functional groups attached to an aromatic ring is 2. The molecule has 6 N–H and O–H groups in total. The fraction of sp³-hybridized carbons (Fsp3) is 0. The highest BCUT2D eigenvalue weighted by molar-refractivity contribution is 6.10. The molecule has 2 aromatic carbocycles. The summed E-state index contributed by atoms with van der Waals surface area (Å²) in [5.74, 6) is 0.0259. The highest BCUT2D eigenvalue weighted by Crippen LogP contribution is 2.30. The number of amidine groups is 2. The molecule has 19 heavy (non-hydrogen) atoms. The average Bonchev–Trinajstić information content (AvgIpc) is 2.75. The van der Waals surface area contributed by atoms with Gasteiger partial charge in [-0.05, 0) is 36.4 Å². The molecule has 0 amide bonds. The van der Waals surface area contributed by atoms with Gasteiger partial charge in [0.15, 0.2) is 0 Å². The molecular weight excluding hydrogens is 240 g/mol. The first kappa shape index (κ1) is 11.3. The van der Waals surface area contributed by atoms with E-state index in [1.54, 1.807) is 24.3 Å². The summed E-state index contributed by atoms with van der Waals surface area (Å²) in [4.78, 5) is 0. The molecular formula is C14H12N4O. The van der Waals surface area contributed by atoms with Crippen molar-refractivity contribution < 1.29 is 4.42 Å². The molecule has 94 valence electrons. The fourth-order valence-corrected chi connectivity index (χ4v) is 2.11. The van der Waals surface area contributed by atoms with Crippen molar-refractivity contribution in [2.45, 2.75) is 0 Å². The SMILES string of the molecule is N=C(N)c1ccc2oc3ccc(C(=N)N)cc3c2c1. The molecule has 0 aliphatic heterocycles. The smallest absolute Gasteiger partial charge is 0.135 e. The van der Waals surface area contributed by atoms with Gasteiger partial charge in [0.1, 0.15) is 22.8 Å². The maximum absolute atomic E-state index is 7.48. The van der Waals surface area contributed by atoms with E-state index in [-0.39, 0.29) is 11.7 Å². The molecule has 0 fully saturated rings. The maximum atomic E-state index is 7.48. The highest BCUT2D eigenvalue weighted by atomic mass is 16.3. The van der Waals surface area contributed by atoms with Gasteiger partial charge in [-0.2, -0.15) is 0 Å². The summed E-state index contributed by atoms with van der Waals surface area (Å²) in [6, 6.07) is 10.7. The van der Waals surface area contributed by atoms with Crippen molar-refractivity contribution in [3.05, 3.63) is 47.5 Å². The van der Waals surface area contributed by atoms with Crippen molar-refractivity contribution in [2.75, 3.05) is 0 Å². The Morgan fingerprint density at radius 1 is 0.789 bits per heavy atom. The van der Waals surface area contributed by atoms with Gasteiger partial charge in [-0.3, -0.25) is 10.8 Å². The van der Waals surface area contributed by atoms with E-state index in [1.807, 2.05) is 12.1 Å². The van der Waals surface area contributed by atoms with Crippen LogP contribution in [-0.2, 0) is 0 Å². The predicted molar refractivity (Wildman–Crippen MR) is 75.8 cm³/mol. The number of nitrogens with one attached hydrogen (secondary N) is 2. The molecule has 5 nitrogen and oxygen atoms in total. The van der Waals surface area contributed by atoms with Crippen molar-refractivity contribution in [1.82, 2.24) is 0 Å². The van der Waals surface area contributed by atoms with Gasteiger partial charge in [0, 0.05) is 21.9 Å². The van der Waals surface area contributed by atoms with Crippen LogP contribution in [0, 0.1) is 10.8 Å². The third-order valence-corrected chi connectivity index (χ3v) is 3.09. The summed E-state index contributed by atoms with van der Waals surface area (Å²) in [5.41, 5.74) is 13.7. The molecule has 1 heterocycles. The number of rotatable bonds is 2. The molecule has 0 saturated carbocycles. The minimum atomic E-state index is 0.0129. The van der Waals surface area contributed by atoms with Crippen molar-refractivity contribution >= 4 is 33.6 Å². The third-order valence-electron chi connectivity index (χ3n) is 3.09. The van der Waals surface area contributed by atoms with E-state index in [0.717, 1.165) is 21.9 Å². The van der Waals surface area contributed by atoms with E-state index in [0.29, 0.717) is 11.1 Å². The molecule has 1 aromatic heterocycles. The second kappa shape index (κ2) is 3.84. The van der Waals surface area contributed by atoms with E-state index in [2.05, 4.69) is 0 Å². The summed E-state index contributed by atoms with van der Waals surface area (Å²) in [6.07, 6.45) is 0. The second-order valence-electron chi connectivity index (χ2n) is 4.35. The van der Waals surface area contributed by atoms with E-state index in [1.165, 1.54) is 0 Å². The standard InChI is InChI=1S/C14H12N4O/c15-13(16)7-1-3-11-9(5-7)10-6-8(14(17)18)2-4-12(10)19-11/h1-6H,(H3,15,16)(H3,17,18). The highest BCUT2D eigenvalue weighted by Gasteiger charge is 2.10. The number of hydrogen-bond acceptors (Lipinski definition) is 3. The van der Waals surface area contributed by atoms with Crippen LogP contribution in [0.15, 0.2) is 40.8 Å². The number of nitrogens with two attached hydrogens (primary N) is 2. The third kappa shape index (κ3) is 1.72. The Morgan fingerprint density at radius 3 is 1.58 bits per heavy atom. The van der Waals surface area contributed by atoms with Crippen LogP contribution < -0.4 is 11.5 Å². The molecule has 0 bridgehead atoms. The number of benzene rings is 2. The summed E-state index contributed by atoms with van der Waals surface area (Å²) in [7, 11) is 0. The van der Waals surface area contributed by atoms with Gasteiger partial charge < -0.3 is 15.9 Å². The molecule has 0 atom stereocenters. The van der Waals surface area contributed by atoms with Gasteiger partial charge >= 0.3 is 0 Å². The lowest BCUT2D eigenvalue weighted by molar-refractivity contribution is 0.669. The van der Waals surface area contributed by atoms with E-state index < -0.39 is 0 Å². The Balaban J connectivity index is 2.37. The van der Waals surface area contributed by atoms with Crippen molar-refractivity contribution in [3.8, 4) is 0 Å². The zero-order valence-corrected chi connectivity index (χ0v) is 10.0. The van der Waals surface area contributed by atoms with Crippen LogP contribution in [0.1, 0.15) is 11.1 Å². The Bertz CT molecular complexity index is 764. The van der Waals surface area contributed by atoms with Gasteiger partial charge in [0.2, 0.25) is 0 Å². The van der Waals surface area contributed by atoms with Crippen LogP contribution in [0.5, 0.6) is 0 Å². The topological polar surface area (TPSA) is 113 Å². The van der Waals surface area contributed by atoms with Gasteiger partial charge in [-0.1, -0.05) is 0 Å². The normalized spacial score (nSPS) is 10.9. The Hall–Kier alpha value is -2.82. The monoisotopic (exact) mass is 252 g/mol. The van der Waals surface area contributed by atoms with E-state index in [9.17, 15) is 0 Å². The lowest BCUT2D eigenvalue weighted by Gasteiger charge is -1.99. The van der Waals surface area contributed by atoms with Crippen LogP contribution in [0.2, 0.25) is 0 Å². The maximum Gasteiger partial charge on any atom is 0.135 e. The molecule has 0 unspecified atom stereocenters. The lowest BCUT2D eigenvalue weighted by atomic mass is 10.1.